The first-order valence-corrected chi connectivity index (χ1v) is 9.74. The molecule has 1 heterocycles. The lowest BCUT2D eigenvalue weighted by Crippen LogP contribution is -2.38. The van der Waals surface area contributed by atoms with E-state index < -0.39 is 0 Å². The predicted octanol–water partition coefficient (Wildman–Crippen LogP) is 4.57. The van der Waals surface area contributed by atoms with Crippen molar-refractivity contribution in [1.82, 2.24) is 4.90 Å². The number of carbonyl (C=O) groups excluding carboxylic acids is 2. The Morgan fingerprint density at radius 3 is 2.48 bits per heavy atom. The number of hydrogen-bond acceptors (Lipinski definition) is 2. The van der Waals surface area contributed by atoms with Gasteiger partial charge < -0.3 is 10.2 Å². The molecule has 1 aliphatic rings. The Morgan fingerprint density at radius 1 is 1.04 bits per heavy atom. The lowest BCUT2D eigenvalue weighted by atomic mass is 9.91. The molecular weight excluding hydrogens is 336 g/mol. The van der Waals surface area contributed by atoms with Gasteiger partial charge in [-0.15, -0.1) is 0 Å². The van der Waals surface area contributed by atoms with E-state index in [1.54, 1.807) is 0 Å². The number of likely N-dealkylation sites (tertiary alicyclic amines) is 1. The van der Waals surface area contributed by atoms with Crippen molar-refractivity contribution in [3.63, 3.8) is 0 Å². The van der Waals surface area contributed by atoms with Gasteiger partial charge >= 0.3 is 0 Å². The summed E-state index contributed by atoms with van der Waals surface area (Å²) >= 11 is 0. The van der Waals surface area contributed by atoms with Crippen LogP contribution >= 0.6 is 0 Å². The van der Waals surface area contributed by atoms with Gasteiger partial charge in [0.05, 0.1) is 0 Å². The number of anilines is 1. The fraction of sp³-hybridized carbons (Fsp3) is 0.391. The standard InChI is InChI=1S/C23H28N2O2/c1-17-6-5-8-20(16-17)24-22(26)11-10-19-12-14-25(15-13-19)23(27)21-9-4-3-7-18(21)2/h3-9,16,19H,10-15H2,1-2H3,(H,24,26). The van der Waals surface area contributed by atoms with Gasteiger partial charge in [0.25, 0.3) is 5.91 Å². The Balaban J connectivity index is 1.44. The number of hydrogen-bond donors (Lipinski definition) is 1. The van der Waals surface area contributed by atoms with Crippen molar-refractivity contribution >= 4 is 17.5 Å². The molecule has 1 N–H and O–H groups in total. The molecule has 2 amide bonds. The number of piperidine rings is 1. The van der Waals surface area contributed by atoms with Crippen LogP contribution in [0.3, 0.4) is 0 Å². The fourth-order valence-corrected chi connectivity index (χ4v) is 3.69. The van der Waals surface area contributed by atoms with Crippen LogP contribution in [0.25, 0.3) is 0 Å². The topological polar surface area (TPSA) is 49.4 Å². The highest BCUT2D eigenvalue weighted by Gasteiger charge is 2.24. The van der Waals surface area contributed by atoms with Crippen molar-refractivity contribution in [3.05, 3.63) is 65.2 Å². The van der Waals surface area contributed by atoms with Gasteiger partial charge in [0.1, 0.15) is 0 Å². The quantitative estimate of drug-likeness (QED) is 0.844. The maximum Gasteiger partial charge on any atom is 0.254 e. The Kier molecular flexibility index (Phi) is 6.28. The van der Waals surface area contributed by atoms with Crippen LogP contribution in [0.15, 0.2) is 48.5 Å². The zero-order valence-corrected chi connectivity index (χ0v) is 16.2. The number of nitrogens with one attached hydrogen (secondary N) is 1. The van der Waals surface area contributed by atoms with E-state index in [1.807, 2.05) is 67.3 Å². The summed E-state index contributed by atoms with van der Waals surface area (Å²) in [5.74, 6) is 0.705. The third-order valence-electron chi connectivity index (χ3n) is 5.36. The van der Waals surface area contributed by atoms with Crippen molar-refractivity contribution in [3.8, 4) is 0 Å². The van der Waals surface area contributed by atoms with E-state index in [2.05, 4.69) is 5.32 Å². The van der Waals surface area contributed by atoms with Gasteiger partial charge in [-0.25, -0.2) is 0 Å². The molecule has 0 aliphatic carbocycles. The molecule has 1 saturated heterocycles. The van der Waals surface area contributed by atoms with Gasteiger partial charge in [-0.3, -0.25) is 9.59 Å². The summed E-state index contributed by atoms with van der Waals surface area (Å²) in [5.41, 5.74) is 3.82. The zero-order valence-electron chi connectivity index (χ0n) is 16.2. The lowest BCUT2D eigenvalue weighted by molar-refractivity contribution is -0.116. The summed E-state index contributed by atoms with van der Waals surface area (Å²) in [6, 6.07) is 15.6. The van der Waals surface area contributed by atoms with Crippen molar-refractivity contribution < 1.29 is 9.59 Å². The minimum Gasteiger partial charge on any atom is -0.339 e. The van der Waals surface area contributed by atoms with E-state index in [1.165, 1.54) is 0 Å². The van der Waals surface area contributed by atoms with E-state index in [0.717, 1.165) is 54.7 Å². The molecule has 4 nitrogen and oxygen atoms in total. The largest absolute Gasteiger partial charge is 0.339 e. The summed E-state index contributed by atoms with van der Waals surface area (Å²) in [5, 5.41) is 2.97. The number of carbonyl (C=O) groups is 2. The molecule has 1 fully saturated rings. The summed E-state index contributed by atoms with van der Waals surface area (Å²) in [7, 11) is 0. The molecule has 2 aromatic carbocycles. The van der Waals surface area contributed by atoms with Gasteiger partial charge in [0, 0.05) is 30.8 Å². The van der Waals surface area contributed by atoms with Gasteiger partial charge in [-0.1, -0.05) is 30.3 Å². The summed E-state index contributed by atoms with van der Waals surface area (Å²) < 4.78 is 0. The molecule has 0 bridgehead atoms. The molecular formula is C23H28N2O2. The first-order chi connectivity index (χ1) is 13.0. The van der Waals surface area contributed by atoms with Crippen molar-refractivity contribution in [2.24, 2.45) is 5.92 Å². The number of amides is 2. The average Bonchev–Trinajstić information content (AvgIpc) is 2.67. The SMILES string of the molecule is Cc1cccc(NC(=O)CCC2CCN(C(=O)c3ccccc3C)CC2)c1. The predicted molar refractivity (Wildman–Crippen MR) is 109 cm³/mol. The van der Waals surface area contributed by atoms with Gasteiger partial charge in [0.15, 0.2) is 0 Å². The highest BCUT2D eigenvalue weighted by atomic mass is 16.2. The second-order valence-corrected chi connectivity index (χ2v) is 7.51. The molecule has 27 heavy (non-hydrogen) atoms. The van der Waals surface area contributed by atoms with Gasteiger partial charge in [-0.2, -0.15) is 0 Å². The van der Waals surface area contributed by atoms with E-state index in [-0.39, 0.29) is 11.8 Å². The monoisotopic (exact) mass is 364 g/mol. The van der Waals surface area contributed by atoms with Crippen molar-refractivity contribution in [2.75, 3.05) is 18.4 Å². The summed E-state index contributed by atoms with van der Waals surface area (Å²) in [6.45, 7) is 5.54. The molecule has 0 spiro atoms. The number of rotatable bonds is 5. The van der Waals surface area contributed by atoms with Crippen molar-refractivity contribution in [2.45, 2.75) is 39.5 Å². The molecule has 4 heteroatoms. The van der Waals surface area contributed by atoms with Crippen LogP contribution in [0.2, 0.25) is 0 Å². The molecule has 0 atom stereocenters. The smallest absolute Gasteiger partial charge is 0.254 e. The molecule has 142 valence electrons. The van der Waals surface area contributed by atoms with Crippen LogP contribution in [0, 0.1) is 19.8 Å². The fourth-order valence-electron chi connectivity index (χ4n) is 3.69. The van der Waals surface area contributed by atoms with Crippen molar-refractivity contribution in [1.29, 1.82) is 0 Å². The Morgan fingerprint density at radius 2 is 1.78 bits per heavy atom. The van der Waals surface area contributed by atoms with Crippen LogP contribution in [0.1, 0.15) is 47.2 Å². The van der Waals surface area contributed by atoms with Gasteiger partial charge in [0.2, 0.25) is 5.91 Å². The van der Waals surface area contributed by atoms with Crippen LogP contribution in [0.4, 0.5) is 5.69 Å². The van der Waals surface area contributed by atoms with Crippen LogP contribution in [-0.2, 0) is 4.79 Å². The Hall–Kier alpha value is -2.62. The van der Waals surface area contributed by atoms with Crippen LogP contribution < -0.4 is 5.32 Å². The van der Waals surface area contributed by atoms with E-state index in [4.69, 9.17) is 0 Å². The summed E-state index contributed by atoms with van der Waals surface area (Å²) in [4.78, 5) is 26.8. The molecule has 0 aromatic heterocycles. The highest BCUT2D eigenvalue weighted by Crippen LogP contribution is 2.24. The molecule has 2 aromatic rings. The molecule has 3 rings (SSSR count). The average molecular weight is 364 g/mol. The first kappa shape index (κ1) is 19.2. The van der Waals surface area contributed by atoms with E-state index in [0.29, 0.717) is 12.3 Å². The Labute approximate surface area is 161 Å². The second-order valence-electron chi connectivity index (χ2n) is 7.51. The highest BCUT2D eigenvalue weighted by molar-refractivity contribution is 5.95. The maximum absolute atomic E-state index is 12.7. The Bertz CT molecular complexity index is 808. The number of nitrogens with zero attached hydrogens (tertiary/aromatic N) is 1. The molecule has 0 saturated carbocycles. The van der Waals surface area contributed by atoms with Gasteiger partial charge in [-0.05, 0) is 68.4 Å². The minimum atomic E-state index is 0.0685. The van der Waals surface area contributed by atoms with E-state index in [9.17, 15) is 9.59 Å². The minimum absolute atomic E-state index is 0.0685. The zero-order chi connectivity index (χ0) is 19.2. The second kappa shape index (κ2) is 8.85. The third-order valence-corrected chi connectivity index (χ3v) is 5.36. The normalized spacial score (nSPS) is 14.8. The maximum atomic E-state index is 12.7. The molecule has 0 unspecified atom stereocenters. The number of benzene rings is 2. The van der Waals surface area contributed by atoms with Crippen LogP contribution in [-0.4, -0.2) is 29.8 Å². The van der Waals surface area contributed by atoms with Crippen LogP contribution in [0.5, 0.6) is 0 Å². The molecule has 0 radical (unpaired) electrons. The third kappa shape index (κ3) is 5.19. The first-order valence-electron chi connectivity index (χ1n) is 9.74. The van der Waals surface area contributed by atoms with E-state index >= 15 is 0 Å². The summed E-state index contributed by atoms with van der Waals surface area (Å²) in [6.07, 6.45) is 3.35. The lowest BCUT2D eigenvalue weighted by Gasteiger charge is -2.32. The number of aryl methyl sites for hydroxylation is 2. The molecule has 1 aliphatic heterocycles.